The summed E-state index contributed by atoms with van der Waals surface area (Å²) in [7, 11) is 0. The number of nitrogens with two attached hydrogens (primary N) is 1. The third kappa shape index (κ3) is 4.20. The van der Waals surface area contributed by atoms with E-state index >= 15 is 0 Å². The van der Waals surface area contributed by atoms with Gasteiger partial charge in [-0.25, -0.2) is 4.98 Å². The van der Waals surface area contributed by atoms with Crippen molar-refractivity contribution in [2.45, 2.75) is 6.54 Å². The summed E-state index contributed by atoms with van der Waals surface area (Å²) in [4.78, 5) is 14.6. The van der Waals surface area contributed by atoms with E-state index in [1.165, 1.54) is 5.69 Å². The van der Waals surface area contributed by atoms with Crippen LogP contribution in [0.2, 0.25) is 5.02 Å². The van der Waals surface area contributed by atoms with Crippen LogP contribution in [0, 0.1) is 0 Å². The number of aromatic amines is 1. The predicted octanol–water partition coefficient (Wildman–Crippen LogP) is 4.37. The highest BCUT2D eigenvalue weighted by Crippen LogP contribution is 2.31. The van der Waals surface area contributed by atoms with Crippen LogP contribution in [0.15, 0.2) is 54.6 Å². The topological polar surface area (TPSA) is 89.3 Å². The van der Waals surface area contributed by atoms with Gasteiger partial charge in [-0.15, -0.1) is 0 Å². The second-order valence-electron chi connectivity index (χ2n) is 7.33. The minimum atomic E-state index is 0.360. The maximum atomic E-state index is 6.54. The summed E-state index contributed by atoms with van der Waals surface area (Å²) in [5, 5.41) is 0.550. The Morgan fingerprint density at radius 1 is 1.03 bits per heavy atom. The first-order valence-corrected chi connectivity index (χ1v) is 10.5. The van der Waals surface area contributed by atoms with Crippen molar-refractivity contribution >= 4 is 28.5 Å². The lowest BCUT2D eigenvalue weighted by molar-refractivity contribution is 0.122. The van der Waals surface area contributed by atoms with Crippen molar-refractivity contribution in [3.05, 3.63) is 65.2 Å². The van der Waals surface area contributed by atoms with Crippen LogP contribution in [0.1, 0.15) is 5.56 Å². The van der Waals surface area contributed by atoms with Gasteiger partial charge in [0.1, 0.15) is 5.75 Å². The molecule has 0 spiro atoms. The number of imidazole rings is 1. The summed E-state index contributed by atoms with van der Waals surface area (Å²) in [6.45, 7) is 3.80. The average molecular weight is 436 g/mol. The van der Waals surface area contributed by atoms with E-state index in [1.807, 2.05) is 42.5 Å². The minimum Gasteiger partial charge on any atom is -0.426 e. The summed E-state index contributed by atoms with van der Waals surface area (Å²) in [5.74, 6) is 0.668. The predicted molar refractivity (Wildman–Crippen MR) is 122 cm³/mol. The molecular weight excluding hydrogens is 414 g/mol. The molecule has 0 bridgehead atoms. The standard InChI is InChI=1S/C23H22ClN5O2/c24-19-13-20-22(28-23(26-20)31-18-7-1-15(14-25)2-8-18)27-21(19)16-3-5-17(6-4-16)29-9-11-30-12-10-29/h1-8,13H,9-12,14,25H2,(H,26,27,28). The molecule has 1 saturated heterocycles. The molecule has 0 atom stereocenters. The van der Waals surface area contributed by atoms with Crippen molar-refractivity contribution in [2.24, 2.45) is 5.73 Å². The monoisotopic (exact) mass is 435 g/mol. The highest BCUT2D eigenvalue weighted by molar-refractivity contribution is 6.33. The molecule has 3 heterocycles. The van der Waals surface area contributed by atoms with Crippen molar-refractivity contribution in [3.63, 3.8) is 0 Å². The number of rotatable bonds is 5. The first-order valence-electron chi connectivity index (χ1n) is 10.2. The molecule has 5 rings (SSSR count). The molecule has 2 aromatic carbocycles. The molecule has 1 aliphatic rings. The number of anilines is 1. The SMILES string of the molecule is NCc1ccc(Oc2nc3nc(-c4ccc(N5CCOCC5)cc4)c(Cl)cc3[nH]2)cc1. The Hall–Kier alpha value is -3.13. The molecule has 31 heavy (non-hydrogen) atoms. The smallest absolute Gasteiger partial charge is 0.301 e. The van der Waals surface area contributed by atoms with Crippen molar-refractivity contribution in [2.75, 3.05) is 31.2 Å². The highest BCUT2D eigenvalue weighted by Gasteiger charge is 2.14. The summed E-state index contributed by atoms with van der Waals surface area (Å²) in [6, 6.07) is 18.0. The number of hydrogen-bond acceptors (Lipinski definition) is 6. The lowest BCUT2D eigenvalue weighted by Gasteiger charge is -2.28. The molecule has 3 N–H and O–H groups in total. The Morgan fingerprint density at radius 3 is 2.48 bits per heavy atom. The molecule has 0 unspecified atom stereocenters. The number of aromatic nitrogens is 3. The van der Waals surface area contributed by atoms with Crippen LogP contribution in [0.4, 0.5) is 5.69 Å². The number of morpholine rings is 1. The zero-order valence-corrected chi connectivity index (χ0v) is 17.6. The van der Waals surface area contributed by atoms with Gasteiger partial charge in [-0.1, -0.05) is 35.9 Å². The fourth-order valence-corrected chi connectivity index (χ4v) is 3.86. The zero-order chi connectivity index (χ0) is 21.2. The maximum absolute atomic E-state index is 6.54. The van der Waals surface area contributed by atoms with E-state index in [0.29, 0.717) is 40.2 Å². The zero-order valence-electron chi connectivity index (χ0n) is 16.8. The number of nitrogens with zero attached hydrogens (tertiary/aromatic N) is 3. The van der Waals surface area contributed by atoms with E-state index in [0.717, 1.165) is 37.4 Å². The van der Waals surface area contributed by atoms with Gasteiger partial charge in [0.2, 0.25) is 0 Å². The van der Waals surface area contributed by atoms with Gasteiger partial charge in [0.25, 0.3) is 0 Å². The molecule has 7 nitrogen and oxygen atoms in total. The molecule has 0 saturated carbocycles. The van der Waals surface area contributed by atoms with Crippen LogP contribution in [-0.4, -0.2) is 41.3 Å². The molecule has 0 radical (unpaired) electrons. The lowest BCUT2D eigenvalue weighted by atomic mass is 10.1. The molecule has 0 amide bonds. The molecule has 1 aliphatic heterocycles. The second kappa shape index (κ2) is 8.55. The van der Waals surface area contributed by atoms with Gasteiger partial charge in [-0.3, -0.25) is 0 Å². The van der Waals surface area contributed by atoms with E-state index in [9.17, 15) is 0 Å². The van der Waals surface area contributed by atoms with E-state index in [2.05, 4.69) is 32.0 Å². The highest BCUT2D eigenvalue weighted by atomic mass is 35.5. The average Bonchev–Trinajstić information content (AvgIpc) is 3.20. The summed E-state index contributed by atoms with van der Waals surface area (Å²) in [5.41, 5.74) is 10.7. The van der Waals surface area contributed by atoms with Crippen molar-refractivity contribution in [1.82, 2.24) is 15.0 Å². The van der Waals surface area contributed by atoms with Gasteiger partial charge < -0.3 is 25.1 Å². The number of halogens is 1. The van der Waals surface area contributed by atoms with Crippen LogP contribution in [0.3, 0.4) is 0 Å². The van der Waals surface area contributed by atoms with Crippen LogP contribution in [0.5, 0.6) is 11.8 Å². The van der Waals surface area contributed by atoms with Crippen LogP contribution in [0.25, 0.3) is 22.4 Å². The third-order valence-corrected chi connectivity index (χ3v) is 5.58. The first-order chi connectivity index (χ1) is 15.2. The summed E-state index contributed by atoms with van der Waals surface area (Å²) < 4.78 is 11.3. The third-order valence-electron chi connectivity index (χ3n) is 5.30. The van der Waals surface area contributed by atoms with Crippen molar-refractivity contribution in [1.29, 1.82) is 0 Å². The van der Waals surface area contributed by atoms with Gasteiger partial charge in [0, 0.05) is 30.9 Å². The van der Waals surface area contributed by atoms with Crippen LogP contribution < -0.4 is 15.4 Å². The normalized spacial score (nSPS) is 14.2. The Labute approximate surface area is 184 Å². The van der Waals surface area contributed by atoms with Gasteiger partial charge in [-0.05, 0) is 35.9 Å². The summed E-state index contributed by atoms with van der Waals surface area (Å²) >= 11 is 6.54. The maximum Gasteiger partial charge on any atom is 0.301 e. The quantitative estimate of drug-likeness (QED) is 0.484. The number of hydrogen-bond donors (Lipinski definition) is 2. The fourth-order valence-electron chi connectivity index (χ4n) is 3.60. The number of H-pyrrole nitrogens is 1. The number of fused-ring (bicyclic) bond motifs is 1. The van der Waals surface area contributed by atoms with Gasteiger partial charge in [0.05, 0.1) is 29.4 Å². The molecule has 4 aromatic rings. The van der Waals surface area contributed by atoms with Gasteiger partial charge in [-0.2, -0.15) is 4.98 Å². The number of pyridine rings is 1. The van der Waals surface area contributed by atoms with E-state index < -0.39 is 0 Å². The molecule has 158 valence electrons. The minimum absolute atomic E-state index is 0.360. The van der Waals surface area contributed by atoms with Gasteiger partial charge >= 0.3 is 6.01 Å². The molecule has 8 heteroatoms. The van der Waals surface area contributed by atoms with Crippen LogP contribution in [-0.2, 0) is 11.3 Å². The number of benzene rings is 2. The Kier molecular flexibility index (Phi) is 5.46. The molecular formula is C23H22ClN5O2. The molecule has 2 aromatic heterocycles. The van der Waals surface area contributed by atoms with Gasteiger partial charge in [0.15, 0.2) is 5.65 Å². The van der Waals surface area contributed by atoms with Crippen LogP contribution >= 0.6 is 11.6 Å². The number of ether oxygens (including phenoxy) is 2. The number of nitrogens with one attached hydrogen (secondary N) is 1. The second-order valence-corrected chi connectivity index (χ2v) is 7.74. The Bertz CT molecular complexity index is 1190. The lowest BCUT2D eigenvalue weighted by Crippen LogP contribution is -2.36. The largest absolute Gasteiger partial charge is 0.426 e. The van der Waals surface area contributed by atoms with Crippen molar-refractivity contribution < 1.29 is 9.47 Å². The molecule has 1 fully saturated rings. The fraction of sp³-hybridized carbons (Fsp3) is 0.217. The Balaban J connectivity index is 1.39. The van der Waals surface area contributed by atoms with E-state index in [4.69, 9.17) is 26.8 Å². The summed E-state index contributed by atoms with van der Waals surface area (Å²) in [6.07, 6.45) is 0. The first kappa shape index (κ1) is 19.8. The van der Waals surface area contributed by atoms with E-state index in [1.54, 1.807) is 0 Å². The Morgan fingerprint density at radius 2 is 1.77 bits per heavy atom. The molecule has 0 aliphatic carbocycles. The van der Waals surface area contributed by atoms with E-state index in [-0.39, 0.29) is 0 Å². The van der Waals surface area contributed by atoms with Crippen molar-refractivity contribution in [3.8, 4) is 23.0 Å².